The van der Waals surface area contributed by atoms with E-state index in [0.29, 0.717) is 35.1 Å². The lowest BCUT2D eigenvalue weighted by Crippen LogP contribution is -2.13. The average molecular weight is 384 g/mol. The number of rotatable bonds is 7. The number of amides is 1. The van der Waals surface area contributed by atoms with Crippen LogP contribution in [0, 0.1) is 5.92 Å². The Hall–Kier alpha value is -3.40. The number of carbonyl (C=O) groups is 2. The number of ketones is 1. The second-order valence-corrected chi connectivity index (χ2v) is 7.56. The number of Topliss-reactive ketones (excluding diaryl/α,β-unsaturated/α-hetero) is 1. The van der Waals surface area contributed by atoms with E-state index in [4.69, 9.17) is 5.73 Å². The van der Waals surface area contributed by atoms with Gasteiger partial charge in [-0.3, -0.25) is 9.59 Å². The number of nitrogen functional groups attached to an aromatic ring is 1. The SMILES string of the molecule is Nc1ccc(-c2ccccc2)cc1NC(=O)c1ccc(CCC(=O)C2CC2)cc1. The van der Waals surface area contributed by atoms with Crippen LogP contribution in [0.4, 0.5) is 11.4 Å². The van der Waals surface area contributed by atoms with Crippen LogP contribution in [0.5, 0.6) is 0 Å². The van der Waals surface area contributed by atoms with Crippen LogP contribution >= 0.6 is 0 Å². The minimum Gasteiger partial charge on any atom is -0.397 e. The summed E-state index contributed by atoms with van der Waals surface area (Å²) in [6.45, 7) is 0. The molecule has 4 rings (SSSR count). The number of benzene rings is 3. The molecular weight excluding hydrogens is 360 g/mol. The highest BCUT2D eigenvalue weighted by Crippen LogP contribution is 2.31. The summed E-state index contributed by atoms with van der Waals surface area (Å²) in [7, 11) is 0. The minimum atomic E-state index is -0.206. The molecule has 146 valence electrons. The zero-order chi connectivity index (χ0) is 20.2. The second-order valence-electron chi connectivity index (χ2n) is 7.56. The largest absolute Gasteiger partial charge is 0.397 e. The van der Waals surface area contributed by atoms with E-state index < -0.39 is 0 Å². The van der Waals surface area contributed by atoms with E-state index in [1.54, 1.807) is 18.2 Å². The molecule has 29 heavy (non-hydrogen) atoms. The Labute approximate surface area is 170 Å². The van der Waals surface area contributed by atoms with Crippen LogP contribution in [-0.4, -0.2) is 11.7 Å². The molecule has 3 N–H and O–H groups in total. The van der Waals surface area contributed by atoms with Crippen molar-refractivity contribution in [1.82, 2.24) is 0 Å². The van der Waals surface area contributed by atoms with Crippen LogP contribution in [0.1, 0.15) is 35.2 Å². The van der Waals surface area contributed by atoms with Gasteiger partial charge < -0.3 is 11.1 Å². The quantitative estimate of drug-likeness (QED) is 0.557. The molecule has 0 spiro atoms. The summed E-state index contributed by atoms with van der Waals surface area (Å²) in [5.74, 6) is 0.459. The number of hydrogen-bond donors (Lipinski definition) is 2. The molecule has 0 saturated heterocycles. The molecule has 3 aromatic rings. The highest BCUT2D eigenvalue weighted by atomic mass is 16.1. The standard InChI is InChI=1S/C25H24N2O2/c26-22-14-13-21(18-4-2-1-3-5-18)16-23(22)27-25(29)20-9-6-17(7-10-20)8-15-24(28)19-11-12-19/h1-7,9-10,13-14,16,19H,8,11-12,15,26H2,(H,27,29). The zero-order valence-electron chi connectivity index (χ0n) is 16.2. The maximum Gasteiger partial charge on any atom is 0.255 e. The summed E-state index contributed by atoms with van der Waals surface area (Å²) in [6, 6.07) is 23.0. The molecule has 0 atom stereocenters. The van der Waals surface area contributed by atoms with Gasteiger partial charge >= 0.3 is 0 Å². The lowest BCUT2D eigenvalue weighted by molar-refractivity contribution is -0.120. The summed E-state index contributed by atoms with van der Waals surface area (Å²) in [5, 5.41) is 2.91. The van der Waals surface area contributed by atoms with E-state index in [0.717, 1.165) is 36.0 Å². The fourth-order valence-corrected chi connectivity index (χ4v) is 3.37. The Morgan fingerprint density at radius 3 is 2.31 bits per heavy atom. The molecule has 4 nitrogen and oxygen atoms in total. The smallest absolute Gasteiger partial charge is 0.255 e. The van der Waals surface area contributed by atoms with Crippen molar-refractivity contribution in [2.75, 3.05) is 11.1 Å². The van der Waals surface area contributed by atoms with Crippen molar-refractivity contribution in [3.8, 4) is 11.1 Å². The van der Waals surface area contributed by atoms with Gasteiger partial charge in [0.1, 0.15) is 5.78 Å². The molecular formula is C25H24N2O2. The van der Waals surface area contributed by atoms with Crippen molar-refractivity contribution in [3.63, 3.8) is 0 Å². The number of nitrogens with two attached hydrogens (primary N) is 1. The normalized spacial score (nSPS) is 13.1. The Morgan fingerprint density at radius 2 is 1.62 bits per heavy atom. The van der Waals surface area contributed by atoms with Gasteiger partial charge in [-0.25, -0.2) is 0 Å². The first-order valence-corrected chi connectivity index (χ1v) is 9.98. The van der Waals surface area contributed by atoms with E-state index in [1.165, 1.54) is 0 Å². The van der Waals surface area contributed by atoms with Crippen molar-refractivity contribution in [1.29, 1.82) is 0 Å². The van der Waals surface area contributed by atoms with E-state index in [2.05, 4.69) is 5.32 Å². The van der Waals surface area contributed by atoms with Crippen molar-refractivity contribution < 1.29 is 9.59 Å². The molecule has 0 radical (unpaired) electrons. The van der Waals surface area contributed by atoms with E-state index >= 15 is 0 Å². The van der Waals surface area contributed by atoms with Crippen molar-refractivity contribution >= 4 is 23.1 Å². The van der Waals surface area contributed by atoms with Gasteiger partial charge in [0.25, 0.3) is 5.91 Å². The summed E-state index contributed by atoms with van der Waals surface area (Å²) in [5.41, 5.74) is 10.9. The summed E-state index contributed by atoms with van der Waals surface area (Å²) >= 11 is 0. The first kappa shape index (κ1) is 18.9. The van der Waals surface area contributed by atoms with Crippen LogP contribution < -0.4 is 11.1 Å². The van der Waals surface area contributed by atoms with Gasteiger partial charge in [-0.15, -0.1) is 0 Å². The molecule has 4 heteroatoms. The average Bonchev–Trinajstić information content (AvgIpc) is 3.60. The molecule has 0 bridgehead atoms. The maximum absolute atomic E-state index is 12.7. The molecule has 1 fully saturated rings. The first-order valence-electron chi connectivity index (χ1n) is 9.98. The molecule has 0 heterocycles. The molecule has 1 amide bonds. The topological polar surface area (TPSA) is 72.2 Å². The van der Waals surface area contributed by atoms with Crippen molar-refractivity contribution in [3.05, 3.63) is 83.9 Å². The van der Waals surface area contributed by atoms with E-state index in [9.17, 15) is 9.59 Å². The Morgan fingerprint density at radius 1 is 0.897 bits per heavy atom. The predicted molar refractivity (Wildman–Crippen MR) is 117 cm³/mol. The Kier molecular flexibility index (Phi) is 5.43. The fraction of sp³-hybridized carbons (Fsp3) is 0.200. The van der Waals surface area contributed by atoms with Gasteiger partial charge in [0.05, 0.1) is 11.4 Å². The van der Waals surface area contributed by atoms with Crippen LogP contribution in [0.25, 0.3) is 11.1 Å². The third kappa shape index (κ3) is 4.72. The van der Waals surface area contributed by atoms with Gasteiger partial charge in [0.2, 0.25) is 0 Å². The third-order valence-electron chi connectivity index (χ3n) is 5.32. The van der Waals surface area contributed by atoms with E-state index in [1.807, 2.05) is 54.6 Å². The lowest BCUT2D eigenvalue weighted by Gasteiger charge is -2.11. The lowest BCUT2D eigenvalue weighted by atomic mass is 10.0. The summed E-state index contributed by atoms with van der Waals surface area (Å²) in [4.78, 5) is 24.5. The van der Waals surface area contributed by atoms with Crippen LogP contribution in [-0.2, 0) is 11.2 Å². The number of anilines is 2. The summed E-state index contributed by atoms with van der Waals surface area (Å²) in [6.07, 6.45) is 3.40. The summed E-state index contributed by atoms with van der Waals surface area (Å²) < 4.78 is 0. The molecule has 0 unspecified atom stereocenters. The molecule has 1 saturated carbocycles. The molecule has 3 aromatic carbocycles. The number of aryl methyl sites for hydroxylation is 1. The highest BCUT2D eigenvalue weighted by molar-refractivity contribution is 6.06. The van der Waals surface area contributed by atoms with Crippen molar-refractivity contribution in [2.24, 2.45) is 5.92 Å². The number of carbonyl (C=O) groups excluding carboxylic acids is 2. The van der Waals surface area contributed by atoms with E-state index in [-0.39, 0.29) is 5.91 Å². The fourth-order valence-electron chi connectivity index (χ4n) is 3.37. The molecule has 1 aliphatic carbocycles. The van der Waals surface area contributed by atoms with Gasteiger partial charge in [-0.05, 0) is 60.2 Å². The zero-order valence-corrected chi connectivity index (χ0v) is 16.2. The van der Waals surface area contributed by atoms with Gasteiger partial charge in [0.15, 0.2) is 0 Å². The van der Waals surface area contributed by atoms with Gasteiger partial charge in [-0.1, -0.05) is 48.5 Å². The van der Waals surface area contributed by atoms with Gasteiger partial charge in [0, 0.05) is 17.9 Å². The van der Waals surface area contributed by atoms with Crippen LogP contribution in [0.15, 0.2) is 72.8 Å². The highest BCUT2D eigenvalue weighted by Gasteiger charge is 2.28. The number of hydrogen-bond acceptors (Lipinski definition) is 3. The molecule has 0 aromatic heterocycles. The monoisotopic (exact) mass is 384 g/mol. The minimum absolute atomic E-state index is 0.206. The van der Waals surface area contributed by atoms with Gasteiger partial charge in [-0.2, -0.15) is 0 Å². The molecule has 1 aliphatic rings. The Bertz CT molecular complexity index is 1020. The second kappa shape index (κ2) is 8.31. The first-order chi connectivity index (χ1) is 14.1. The van der Waals surface area contributed by atoms with Crippen molar-refractivity contribution in [2.45, 2.75) is 25.7 Å². The van der Waals surface area contributed by atoms with Crippen LogP contribution in [0.3, 0.4) is 0 Å². The van der Waals surface area contributed by atoms with Crippen LogP contribution in [0.2, 0.25) is 0 Å². The molecule has 0 aliphatic heterocycles. The number of nitrogens with one attached hydrogen (secondary N) is 1. The predicted octanol–water partition coefficient (Wildman–Crippen LogP) is 5.10. The third-order valence-corrected chi connectivity index (χ3v) is 5.32. The maximum atomic E-state index is 12.7. The Balaban J connectivity index is 1.43.